The molecule has 168 valence electrons. The van der Waals surface area contributed by atoms with Gasteiger partial charge >= 0.3 is 0 Å². The Morgan fingerprint density at radius 1 is 1.36 bits per heavy atom. The summed E-state index contributed by atoms with van der Waals surface area (Å²) in [5, 5.41) is 7.20. The number of rotatable bonds is 8. The number of anilines is 3. The molecule has 4 rings (SSSR count). The Balaban J connectivity index is 1.56. The van der Waals surface area contributed by atoms with Crippen LogP contribution in [0.3, 0.4) is 0 Å². The van der Waals surface area contributed by atoms with Crippen LogP contribution in [0.15, 0.2) is 70.3 Å². The fraction of sp³-hybridized carbons (Fsp3) is 0.0952. The molecule has 0 radical (unpaired) electrons. The van der Waals surface area contributed by atoms with E-state index in [9.17, 15) is 4.79 Å². The topological polar surface area (TPSA) is 137 Å². The number of aryl methyl sites for hydroxylation is 1. The van der Waals surface area contributed by atoms with Crippen LogP contribution in [0.2, 0.25) is 5.02 Å². The van der Waals surface area contributed by atoms with Crippen molar-refractivity contribution in [3.63, 3.8) is 0 Å². The number of nitrogens with zero attached hydrogens (tertiary/aromatic N) is 5. The maximum Gasteiger partial charge on any atom is 0.243 e. The van der Waals surface area contributed by atoms with E-state index in [1.165, 1.54) is 30.4 Å². The zero-order chi connectivity index (χ0) is 23.4. The summed E-state index contributed by atoms with van der Waals surface area (Å²) in [6.45, 7) is 3.59. The van der Waals surface area contributed by atoms with Gasteiger partial charge in [0.25, 0.3) is 0 Å². The molecule has 0 aliphatic heterocycles. The molecule has 1 aromatic carbocycles. The molecule has 1 amide bonds. The van der Waals surface area contributed by atoms with Crippen LogP contribution in [-0.2, 0) is 18.4 Å². The Morgan fingerprint density at radius 2 is 2.21 bits per heavy atom. The van der Waals surface area contributed by atoms with Crippen molar-refractivity contribution in [3.05, 3.63) is 66.6 Å². The van der Waals surface area contributed by atoms with Crippen molar-refractivity contribution in [2.45, 2.75) is 16.6 Å². The van der Waals surface area contributed by atoms with E-state index in [0.29, 0.717) is 27.8 Å². The lowest BCUT2D eigenvalue weighted by molar-refractivity contribution is -0.116. The van der Waals surface area contributed by atoms with Gasteiger partial charge in [0.2, 0.25) is 11.8 Å². The Morgan fingerprint density at radius 3 is 2.94 bits per heavy atom. The van der Waals surface area contributed by atoms with E-state index in [4.69, 9.17) is 21.8 Å². The van der Waals surface area contributed by atoms with Crippen molar-refractivity contribution in [3.8, 4) is 11.5 Å². The standard InChI is InChI=1S/C21H19ClN8O2S/c1-3-16(31)25-9-13-10-32-20(29-13)17-18(23)26-11-27-19(17)28-12-4-5-15(14(22)8-12)33-21-24-6-7-30(21)2/h3-8,10-11H,1,9H2,2H3,(H,25,31)(H3,23,26,27,28). The smallest absolute Gasteiger partial charge is 0.243 e. The zero-order valence-corrected chi connectivity index (χ0v) is 19.0. The molecule has 4 aromatic rings. The predicted octanol–water partition coefficient (Wildman–Crippen LogP) is 3.80. The molecule has 12 heteroatoms. The van der Waals surface area contributed by atoms with Crippen molar-refractivity contribution in [1.29, 1.82) is 0 Å². The van der Waals surface area contributed by atoms with E-state index < -0.39 is 0 Å². The lowest BCUT2D eigenvalue weighted by Gasteiger charge is -2.12. The maximum absolute atomic E-state index is 11.4. The van der Waals surface area contributed by atoms with Crippen LogP contribution in [0.1, 0.15) is 5.69 Å². The number of oxazole rings is 1. The fourth-order valence-electron chi connectivity index (χ4n) is 2.80. The third kappa shape index (κ3) is 5.16. The van der Waals surface area contributed by atoms with Crippen molar-refractivity contribution in [1.82, 2.24) is 29.8 Å². The number of aromatic nitrogens is 5. The zero-order valence-electron chi connectivity index (χ0n) is 17.4. The van der Waals surface area contributed by atoms with Gasteiger partial charge in [0.05, 0.1) is 17.3 Å². The van der Waals surface area contributed by atoms with Crippen molar-refractivity contribution < 1.29 is 9.21 Å². The van der Waals surface area contributed by atoms with Crippen LogP contribution in [0, 0.1) is 0 Å². The maximum atomic E-state index is 11.4. The Hall–Kier alpha value is -3.83. The molecule has 33 heavy (non-hydrogen) atoms. The van der Waals surface area contributed by atoms with Crippen molar-refractivity contribution in [2.24, 2.45) is 7.05 Å². The number of nitrogens with two attached hydrogens (primary N) is 1. The molecule has 0 aliphatic carbocycles. The molecule has 10 nitrogen and oxygen atoms in total. The van der Waals surface area contributed by atoms with Gasteiger partial charge in [-0.15, -0.1) is 0 Å². The first-order chi connectivity index (χ1) is 15.9. The molecule has 0 atom stereocenters. The van der Waals surface area contributed by atoms with Crippen LogP contribution < -0.4 is 16.4 Å². The van der Waals surface area contributed by atoms with Gasteiger partial charge in [-0.25, -0.2) is 19.9 Å². The van der Waals surface area contributed by atoms with Gasteiger partial charge in [-0.3, -0.25) is 4.79 Å². The molecule has 0 saturated heterocycles. The summed E-state index contributed by atoms with van der Waals surface area (Å²) in [4.78, 5) is 29.2. The van der Waals surface area contributed by atoms with Gasteiger partial charge in [-0.1, -0.05) is 29.9 Å². The van der Waals surface area contributed by atoms with E-state index in [0.717, 1.165) is 10.1 Å². The monoisotopic (exact) mass is 482 g/mol. The number of hydrogen-bond acceptors (Lipinski definition) is 9. The van der Waals surface area contributed by atoms with E-state index in [1.54, 1.807) is 12.3 Å². The number of carbonyl (C=O) groups excluding carboxylic acids is 1. The van der Waals surface area contributed by atoms with Gasteiger partial charge in [0.1, 0.15) is 29.8 Å². The minimum absolute atomic E-state index is 0.176. The largest absolute Gasteiger partial charge is 0.444 e. The highest BCUT2D eigenvalue weighted by molar-refractivity contribution is 7.99. The molecule has 0 aliphatic rings. The van der Waals surface area contributed by atoms with E-state index in [1.807, 2.05) is 29.9 Å². The number of imidazole rings is 1. The quantitative estimate of drug-likeness (QED) is 0.320. The van der Waals surface area contributed by atoms with Gasteiger partial charge < -0.3 is 25.4 Å². The lowest BCUT2D eigenvalue weighted by atomic mass is 10.2. The Bertz CT molecular complexity index is 1320. The van der Waals surface area contributed by atoms with Gasteiger partial charge in [-0.05, 0) is 24.3 Å². The van der Waals surface area contributed by atoms with Crippen LogP contribution in [0.4, 0.5) is 17.3 Å². The highest BCUT2D eigenvalue weighted by Gasteiger charge is 2.18. The number of nitrogens with one attached hydrogen (secondary N) is 2. The summed E-state index contributed by atoms with van der Waals surface area (Å²) in [7, 11) is 1.92. The Kier molecular flexibility index (Phi) is 6.61. The minimum atomic E-state index is -0.314. The van der Waals surface area contributed by atoms with E-state index >= 15 is 0 Å². The second kappa shape index (κ2) is 9.76. The first-order valence-electron chi connectivity index (χ1n) is 9.62. The summed E-state index contributed by atoms with van der Waals surface area (Å²) < 4.78 is 7.47. The molecule has 0 unspecified atom stereocenters. The molecular weight excluding hydrogens is 464 g/mol. The second-order valence-corrected chi connectivity index (χ2v) is 8.16. The number of hydrogen-bond donors (Lipinski definition) is 3. The summed E-state index contributed by atoms with van der Waals surface area (Å²) >= 11 is 7.96. The van der Waals surface area contributed by atoms with E-state index in [-0.39, 0.29) is 24.2 Å². The molecule has 0 saturated carbocycles. The number of amides is 1. The average molecular weight is 483 g/mol. The first-order valence-corrected chi connectivity index (χ1v) is 10.8. The molecular formula is C21H19ClN8O2S. The predicted molar refractivity (Wildman–Crippen MR) is 126 cm³/mol. The van der Waals surface area contributed by atoms with Gasteiger partial charge in [0, 0.05) is 30.0 Å². The molecule has 3 aromatic heterocycles. The summed E-state index contributed by atoms with van der Waals surface area (Å²) in [5.41, 5.74) is 7.68. The number of halogens is 1. The molecule has 3 heterocycles. The van der Waals surface area contributed by atoms with Crippen LogP contribution in [0.25, 0.3) is 11.5 Å². The summed E-state index contributed by atoms with van der Waals surface area (Å²) in [6.07, 6.45) is 7.54. The average Bonchev–Trinajstić information content (AvgIpc) is 3.43. The van der Waals surface area contributed by atoms with Gasteiger partial charge in [-0.2, -0.15) is 0 Å². The van der Waals surface area contributed by atoms with Crippen LogP contribution in [-0.4, -0.2) is 30.4 Å². The van der Waals surface area contributed by atoms with Crippen LogP contribution >= 0.6 is 23.4 Å². The number of nitrogen functional groups attached to an aromatic ring is 1. The second-order valence-electron chi connectivity index (χ2n) is 6.74. The van der Waals surface area contributed by atoms with Gasteiger partial charge in [0.15, 0.2) is 5.16 Å². The lowest BCUT2D eigenvalue weighted by Crippen LogP contribution is -2.20. The molecule has 0 bridgehead atoms. The third-order valence-electron chi connectivity index (χ3n) is 4.44. The summed E-state index contributed by atoms with van der Waals surface area (Å²) in [6, 6.07) is 5.53. The summed E-state index contributed by atoms with van der Waals surface area (Å²) in [5.74, 6) is 0.480. The normalized spacial score (nSPS) is 10.7. The Labute approximate surface area is 198 Å². The highest BCUT2D eigenvalue weighted by Crippen LogP contribution is 2.36. The number of benzene rings is 1. The first kappa shape index (κ1) is 22.4. The molecule has 0 spiro atoms. The van der Waals surface area contributed by atoms with E-state index in [2.05, 4.69) is 37.1 Å². The fourth-order valence-corrected chi connectivity index (χ4v) is 3.91. The SMILES string of the molecule is C=CC(=O)NCc1coc(-c2c(N)ncnc2Nc2ccc(Sc3nccn3C)c(Cl)c2)n1. The van der Waals surface area contributed by atoms with Crippen molar-refractivity contribution in [2.75, 3.05) is 11.1 Å². The van der Waals surface area contributed by atoms with Crippen molar-refractivity contribution >= 4 is 46.6 Å². The highest BCUT2D eigenvalue weighted by atomic mass is 35.5. The third-order valence-corrected chi connectivity index (χ3v) is 6.02. The number of carbonyl (C=O) groups is 1. The molecule has 4 N–H and O–H groups in total. The minimum Gasteiger partial charge on any atom is -0.444 e. The molecule has 0 fully saturated rings. The van der Waals surface area contributed by atoms with Crippen LogP contribution in [0.5, 0.6) is 0 Å².